The Morgan fingerprint density at radius 1 is 0.905 bits per heavy atom. The SMILES string of the molecule is O=CN1CCN(S(=O)(=O)c2cccc3ccccc23)CC1. The lowest BCUT2D eigenvalue weighted by Gasteiger charge is -2.31. The Hall–Kier alpha value is -1.92. The van der Waals surface area contributed by atoms with Crippen LogP contribution in [-0.2, 0) is 14.8 Å². The highest BCUT2D eigenvalue weighted by molar-refractivity contribution is 7.89. The minimum absolute atomic E-state index is 0.333. The lowest BCUT2D eigenvalue weighted by Crippen LogP contribution is -2.48. The van der Waals surface area contributed by atoms with Crippen molar-refractivity contribution in [3.05, 3.63) is 42.5 Å². The zero-order valence-electron chi connectivity index (χ0n) is 11.5. The van der Waals surface area contributed by atoms with E-state index in [0.717, 1.165) is 17.2 Å². The molecule has 0 radical (unpaired) electrons. The van der Waals surface area contributed by atoms with Crippen LogP contribution in [0.15, 0.2) is 47.4 Å². The summed E-state index contributed by atoms with van der Waals surface area (Å²) >= 11 is 0. The van der Waals surface area contributed by atoms with E-state index < -0.39 is 10.0 Å². The van der Waals surface area contributed by atoms with Crippen molar-refractivity contribution in [3.63, 3.8) is 0 Å². The van der Waals surface area contributed by atoms with E-state index in [1.165, 1.54) is 4.31 Å². The van der Waals surface area contributed by atoms with Gasteiger partial charge in [-0.3, -0.25) is 4.79 Å². The fraction of sp³-hybridized carbons (Fsp3) is 0.267. The van der Waals surface area contributed by atoms with Crippen LogP contribution in [-0.4, -0.2) is 50.2 Å². The van der Waals surface area contributed by atoms with Gasteiger partial charge >= 0.3 is 0 Å². The van der Waals surface area contributed by atoms with Gasteiger partial charge in [-0.05, 0) is 11.5 Å². The maximum Gasteiger partial charge on any atom is 0.243 e. The Kier molecular flexibility index (Phi) is 3.65. The van der Waals surface area contributed by atoms with Crippen LogP contribution in [0, 0.1) is 0 Å². The van der Waals surface area contributed by atoms with Gasteiger partial charge in [0.15, 0.2) is 0 Å². The molecular formula is C15H16N2O3S. The van der Waals surface area contributed by atoms with Gasteiger partial charge in [0, 0.05) is 31.6 Å². The molecule has 5 nitrogen and oxygen atoms in total. The summed E-state index contributed by atoms with van der Waals surface area (Å²) < 4.78 is 27.1. The molecule has 21 heavy (non-hydrogen) atoms. The maximum atomic E-state index is 12.8. The minimum Gasteiger partial charge on any atom is -0.343 e. The van der Waals surface area contributed by atoms with Crippen molar-refractivity contribution < 1.29 is 13.2 Å². The Morgan fingerprint density at radius 3 is 2.29 bits per heavy atom. The molecule has 0 saturated carbocycles. The van der Waals surface area contributed by atoms with E-state index in [-0.39, 0.29) is 0 Å². The molecule has 2 aromatic rings. The number of hydrogen-bond donors (Lipinski definition) is 0. The third-order valence-corrected chi connectivity index (χ3v) is 5.75. The van der Waals surface area contributed by atoms with E-state index in [0.29, 0.717) is 31.1 Å². The molecule has 0 aromatic heterocycles. The number of amides is 1. The second kappa shape index (κ2) is 5.46. The van der Waals surface area contributed by atoms with Crippen LogP contribution in [0.2, 0.25) is 0 Å². The number of rotatable bonds is 3. The van der Waals surface area contributed by atoms with Gasteiger partial charge in [-0.15, -0.1) is 0 Å². The fourth-order valence-corrected chi connectivity index (χ4v) is 4.25. The summed E-state index contributed by atoms with van der Waals surface area (Å²) in [5.41, 5.74) is 0. The van der Waals surface area contributed by atoms with Crippen molar-refractivity contribution in [2.24, 2.45) is 0 Å². The molecule has 0 aliphatic carbocycles. The van der Waals surface area contributed by atoms with E-state index in [1.54, 1.807) is 17.0 Å². The zero-order chi connectivity index (χ0) is 14.9. The molecule has 0 N–H and O–H groups in total. The molecule has 6 heteroatoms. The first kappa shape index (κ1) is 14.0. The first-order chi connectivity index (χ1) is 10.1. The number of nitrogens with zero attached hydrogens (tertiary/aromatic N) is 2. The van der Waals surface area contributed by atoms with Crippen LogP contribution in [0.25, 0.3) is 10.8 Å². The molecule has 1 aliphatic rings. The number of benzene rings is 2. The zero-order valence-corrected chi connectivity index (χ0v) is 12.3. The van der Waals surface area contributed by atoms with Gasteiger partial charge in [-0.2, -0.15) is 4.31 Å². The standard InChI is InChI=1S/C15H16N2O3S/c18-12-16-8-10-17(11-9-16)21(19,20)15-7-3-5-13-4-1-2-6-14(13)15/h1-7,12H,8-11H2. The molecule has 0 bridgehead atoms. The highest BCUT2D eigenvalue weighted by Crippen LogP contribution is 2.26. The van der Waals surface area contributed by atoms with Gasteiger partial charge in [0.1, 0.15) is 0 Å². The van der Waals surface area contributed by atoms with E-state index in [1.807, 2.05) is 30.3 Å². The normalized spacial score (nSPS) is 17.0. The quantitative estimate of drug-likeness (QED) is 0.803. The number of piperazine rings is 1. The number of fused-ring (bicyclic) bond motifs is 1. The molecule has 1 amide bonds. The Morgan fingerprint density at radius 2 is 1.57 bits per heavy atom. The highest BCUT2D eigenvalue weighted by atomic mass is 32.2. The van der Waals surface area contributed by atoms with Gasteiger partial charge in [-0.25, -0.2) is 8.42 Å². The monoisotopic (exact) mass is 304 g/mol. The molecule has 1 fully saturated rings. The molecule has 2 aromatic carbocycles. The van der Waals surface area contributed by atoms with Gasteiger partial charge in [-0.1, -0.05) is 36.4 Å². The molecule has 0 spiro atoms. The third-order valence-electron chi connectivity index (χ3n) is 3.79. The maximum absolute atomic E-state index is 12.8. The molecule has 3 rings (SSSR count). The van der Waals surface area contributed by atoms with Crippen LogP contribution in [0.4, 0.5) is 0 Å². The van der Waals surface area contributed by atoms with Crippen molar-refractivity contribution in [2.75, 3.05) is 26.2 Å². The molecule has 0 unspecified atom stereocenters. The van der Waals surface area contributed by atoms with Crippen molar-refractivity contribution >= 4 is 27.2 Å². The van der Waals surface area contributed by atoms with Gasteiger partial charge in [0.2, 0.25) is 16.4 Å². The van der Waals surface area contributed by atoms with E-state index in [9.17, 15) is 13.2 Å². The summed E-state index contributed by atoms with van der Waals surface area (Å²) in [5, 5.41) is 1.64. The van der Waals surface area contributed by atoms with Crippen molar-refractivity contribution in [1.82, 2.24) is 9.21 Å². The first-order valence-electron chi connectivity index (χ1n) is 6.80. The third kappa shape index (κ3) is 2.52. The van der Waals surface area contributed by atoms with E-state index in [4.69, 9.17) is 0 Å². The topological polar surface area (TPSA) is 57.7 Å². The van der Waals surface area contributed by atoms with Gasteiger partial charge in [0.25, 0.3) is 0 Å². The lowest BCUT2D eigenvalue weighted by atomic mass is 10.1. The van der Waals surface area contributed by atoms with Crippen LogP contribution in [0.5, 0.6) is 0 Å². The summed E-state index contributed by atoms with van der Waals surface area (Å²) in [7, 11) is -3.53. The summed E-state index contributed by atoms with van der Waals surface area (Å²) in [6.07, 6.45) is 0.766. The van der Waals surface area contributed by atoms with Crippen LogP contribution in [0.3, 0.4) is 0 Å². The highest BCUT2D eigenvalue weighted by Gasteiger charge is 2.29. The summed E-state index contributed by atoms with van der Waals surface area (Å²) in [6.45, 7) is 1.55. The number of carbonyl (C=O) groups is 1. The predicted octanol–water partition coefficient (Wildman–Crippen LogP) is 1.30. The van der Waals surface area contributed by atoms with Gasteiger partial charge < -0.3 is 4.90 Å². The summed E-state index contributed by atoms with van der Waals surface area (Å²) in [5.74, 6) is 0. The Balaban J connectivity index is 1.99. The molecule has 0 atom stereocenters. The van der Waals surface area contributed by atoms with E-state index in [2.05, 4.69) is 0 Å². The van der Waals surface area contributed by atoms with Crippen LogP contribution >= 0.6 is 0 Å². The smallest absolute Gasteiger partial charge is 0.243 e. The lowest BCUT2D eigenvalue weighted by molar-refractivity contribution is -0.119. The number of carbonyl (C=O) groups excluding carboxylic acids is 1. The van der Waals surface area contributed by atoms with Crippen LogP contribution < -0.4 is 0 Å². The second-order valence-electron chi connectivity index (χ2n) is 5.02. The second-order valence-corrected chi connectivity index (χ2v) is 6.93. The average molecular weight is 304 g/mol. The van der Waals surface area contributed by atoms with Crippen molar-refractivity contribution in [2.45, 2.75) is 4.90 Å². The minimum atomic E-state index is -3.53. The van der Waals surface area contributed by atoms with Gasteiger partial charge in [0.05, 0.1) is 4.90 Å². The Bertz CT molecular complexity index is 760. The van der Waals surface area contributed by atoms with Crippen molar-refractivity contribution in [1.29, 1.82) is 0 Å². The Labute approximate surface area is 123 Å². The molecule has 110 valence electrons. The largest absolute Gasteiger partial charge is 0.343 e. The number of hydrogen-bond acceptors (Lipinski definition) is 3. The first-order valence-corrected chi connectivity index (χ1v) is 8.24. The molecule has 1 saturated heterocycles. The molecular weight excluding hydrogens is 288 g/mol. The fourth-order valence-electron chi connectivity index (χ4n) is 2.61. The average Bonchev–Trinajstić information content (AvgIpc) is 2.54. The molecule has 1 aliphatic heterocycles. The molecule has 1 heterocycles. The number of sulfonamides is 1. The van der Waals surface area contributed by atoms with Crippen molar-refractivity contribution in [3.8, 4) is 0 Å². The van der Waals surface area contributed by atoms with Crippen LogP contribution in [0.1, 0.15) is 0 Å². The predicted molar refractivity (Wildman–Crippen MR) is 80.3 cm³/mol. The summed E-state index contributed by atoms with van der Waals surface area (Å²) in [4.78, 5) is 12.6. The summed E-state index contributed by atoms with van der Waals surface area (Å²) in [6, 6.07) is 12.8. The van der Waals surface area contributed by atoms with E-state index >= 15 is 0 Å².